The van der Waals surface area contributed by atoms with E-state index in [-0.39, 0.29) is 43.7 Å². The summed E-state index contributed by atoms with van der Waals surface area (Å²) in [4.78, 5) is 28.6. The number of imidazole rings is 4. The number of hydrogen-bond acceptors (Lipinski definition) is 7. The molecular weight excluding hydrogens is 897 g/mol. The van der Waals surface area contributed by atoms with Gasteiger partial charge >= 0.3 is 24.9 Å². The average molecular weight is 952 g/mol. The third-order valence-electron chi connectivity index (χ3n) is 8.99. The molecule has 2 amide bonds. The monoisotopic (exact) mass is 951 g/mol. The Labute approximate surface area is 402 Å². The Morgan fingerprint density at radius 3 is 1.13 bits per heavy atom. The van der Waals surface area contributed by atoms with Gasteiger partial charge in [0, 0.05) is 96.8 Å². The molecule has 4 aromatic heterocycles. The average Bonchev–Trinajstić information content (AvgIpc) is 4.16. The maximum atomic E-state index is 12.1. The first kappa shape index (κ1) is 49.0. The van der Waals surface area contributed by atoms with E-state index in [1.54, 1.807) is 43.8 Å². The molecule has 0 fully saturated rings. The van der Waals surface area contributed by atoms with Gasteiger partial charge < -0.3 is 36.1 Å². The summed E-state index contributed by atoms with van der Waals surface area (Å²) < 4.78 is 14.3. The quantitative estimate of drug-likeness (QED) is 0.0908. The van der Waals surface area contributed by atoms with Gasteiger partial charge in [-0.2, -0.15) is 5.26 Å². The zero-order chi connectivity index (χ0) is 42.9. The summed E-state index contributed by atoms with van der Waals surface area (Å²) in [5.74, 6) is 0. The van der Waals surface area contributed by atoms with Crippen molar-refractivity contribution >= 4 is 46.0 Å². The molecule has 16 heteroatoms. The molecule has 0 aliphatic heterocycles. The number of alkyl halides is 1. The van der Waals surface area contributed by atoms with Gasteiger partial charge in [0.25, 0.3) is 0 Å². The number of nitrogens with one attached hydrogen (secondary N) is 2. The molecule has 4 aromatic carbocycles. The summed E-state index contributed by atoms with van der Waals surface area (Å²) >= 11 is 1.96. The van der Waals surface area contributed by atoms with Crippen LogP contribution >= 0.6 is 22.6 Å². The number of amides is 2. The van der Waals surface area contributed by atoms with Gasteiger partial charge in [0.2, 0.25) is 0 Å². The smallest absolute Gasteiger partial charge is 1.00 e. The van der Waals surface area contributed by atoms with E-state index in [9.17, 15) is 4.79 Å². The van der Waals surface area contributed by atoms with Gasteiger partial charge in [-0.25, -0.2) is 24.7 Å². The van der Waals surface area contributed by atoms with E-state index < -0.39 is 0 Å². The second-order valence-corrected chi connectivity index (χ2v) is 13.4. The van der Waals surface area contributed by atoms with Crippen LogP contribution in [0.4, 0.5) is 4.79 Å². The van der Waals surface area contributed by atoms with Gasteiger partial charge in [0.05, 0.1) is 36.9 Å². The molecule has 0 spiro atoms. The number of rotatable bonds is 13. The van der Waals surface area contributed by atoms with Gasteiger partial charge in [-0.05, 0) is 56.0 Å². The van der Waals surface area contributed by atoms with E-state index in [1.165, 1.54) is 27.8 Å². The Balaban J connectivity index is 0.000000347. The zero-order valence-corrected chi connectivity index (χ0v) is 36.4. The summed E-state index contributed by atoms with van der Waals surface area (Å²) in [5, 5.41) is 14.4. The van der Waals surface area contributed by atoms with Crippen molar-refractivity contribution in [2.24, 2.45) is 5.73 Å². The molecule has 0 saturated carbocycles. The molecule has 62 heavy (non-hydrogen) atoms. The number of carbonyl (C=O) groups is 1. The second kappa shape index (κ2) is 28.8. The van der Waals surface area contributed by atoms with Gasteiger partial charge in [-0.3, -0.25) is 0 Å². The van der Waals surface area contributed by atoms with Gasteiger partial charge in [0.15, 0.2) is 17.4 Å². The van der Waals surface area contributed by atoms with E-state index in [2.05, 4.69) is 85.2 Å². The van der Waals surface area contributed by atoms with Gasteiger partial charge in [0.1, 0.15) is 0 Å². The molecule has 0 saturated heterocycles. The molecule has 0 atom stereocenters. The Bertz CT molecular complexity index is 2330. The van der Waals surface area contributed by atoms with Crippen molar-refractivity contribution in [3.8, 4) is 6.07 Å². The molecule has 0 unspecified atom stereocenters. The summed E-state index contributed by atoms with van der Waals surface area (Å²) in [6.45, 7) is 4.81. The third-order valence-corrected chi connectivity index (χ3v) is 8.99. The maximum absolute atomic E-state index is 12.1. The van der Waals surface area contributed by atoms with E-state index in [1.807, 2.05) is 121 Å². The number of hydrogen-bond donors (Lipinski definition) is 3. The van der Waals surface area contributed by atoms with Crippen LogP contribution in [0.5, 0.6) is 0 Å². The third kappa shape index (κ3) is 18.1. The van der Waals surface area contributed by atoms with Crippen LogP contribution in [0, 0.1) is 11.3 Å². The van der Waals surface area contributed by atoms with Crippen LogP contribution < -0.4 is 35.2 Å². The van der Waals surface area contributed by atoms with Crippen LogP contribution in [0.25, 0.3) is 0 Å². The SMILES string of the molecule is N#Cc1ccc(Cn2ccnc2)cc1.NCc1ccc(Cn2ccnc2)cc1.O=C(NCc1ccc(Cn2ccnc2)cc1)NCc1ccc(Cn2ccnc2)cc1.[2H]CI.[AlH3].[H-].[Li+]. The normalized spacial score (nSPS) is 9.98. The van der Waals surface area contributed by atoms with E-state index in [0.717, 1.165) is 37.3 Å². The van der Waals surface area contributed by atoms with Gasteiger partial charge in [-0.15, -0.1) is 0 Å². The van der Waals surface area contributed by atoms with Crippen molar-refractivity contribution in [1.82, 2.24) is 48.8 Å². The number of carbonyl (C=O) groups excluding carboxylic acids is 1. The molecule has 8 aromatic rings. The van der Waals surface area contributed by atoms with Crippen molar-refractivity contribution in [3.05, 3.63) is 216 Å². The van der Waals surface area contributed by atoms with E-state index >= 15 is 0 Å². The number of aromatic nitrogens is 8. The maximum Gasteiger partial charge on any atom is 1.00 e. The molecule has 4 heterocycles. The number of benzene rings is 4. The predicted octanol–water partition coefficient (Wildman–Crippen LogP) is 3.35. The Kier molecular flexibility index (Phi) is 22.7. The number of nitrogens with two attached hydrogens (primary N) is 1. The fourth-order valence-electron chi connectivity index (χ4n) is 5.78. The summed E-state index contributed by atoms with van der Waals surface area (Å²) in [7, 11) is 0. The molecule has 8 rings (SSSR count). The number of halogens is 1. The minimum absolute atomic E-state index is 0. The number of urea groups is 1. The van der Waals surface area contributed by atoms with Crippen molar-refractivity contribution in [3.63, 3.8) is 0 Å². The Morgan fingerprint density at radius 2 is 0.871 bits per heavy atom. The van der Waals surface area contributed by atoms with Crippen LogP contribution in [0.3, 0.4) is 0 Å². The number of nitriles is 1. The second-order valence-electron chi connectivity index (χ2n) is 13.4. The first-order chi connectivity index (χ1) is 29.9. The summed E-state index contributed by atoms with van der Waals surface area (Å²) in [6.07, 6.45) is 22.0. The van der Waals surface area contributed by atoms with Gasteiger partial charge in [-0.1, -0.05) is 108 Å². The fraction of sp³-hybridized carbons (Fsp3) is 0.174. The topological polar surface area (TPSA) is 162 Å². The van der Waals surface area contributed by atoms with Crippen molar-refractivity contribution < 1.29 is 26.5 Å². The predicted molar refractivity (Wildman–Crippen MR) is 254 cm³/mol. The van der Waals surface area contributed by atoms with Crippen LogP contribution in [0.15, 0.2) is 172 Å². The van der Waals surface area contributed by atoms with Crippen LogP contribution in [0.1, 0.15) is 47.3 Å². The van der Waals surface area contributed by atoms with Crippen LogP contribution in [0.2, 0.25) is 0 Å². The molecular formula is C46H53AlILiN12O. The molecule has 0 bridgehead atoms. The molecule has 4 N–H and O–H groups in total. The fourth-order valence-corrected chi connectivity index (χ4v) is 5.78. The zero-order valence-electron chi connectivity index (χ0n) is 36.2. The largest absolute Gasteiger partial charge is 1.00 e. The first-order valence-electron chi connectivity index (χ1n) is 19.8. The summed E-state index contributed by atoms with van der Waals surface area (Å²) in [6, 6.07) is 34.2. The summed E-state index contributed by atoms with van der Waals surface area (Å²) in [5.41, 5.74) is 14.3. The molecule has 13 nitrogen and oxygen atoms in total. The van der Waals surface area contributed by atoms with Crippen LogP contribution in [-0.2, 0) is 45.8 Å². The first-order valence-corrected chi connectivity index (χ1v) is 20.6. The molecule has 314 valence electrons. The van der Waals surface area contributed by atoms with Crippen molar-refractivity contribution in [2.45, 2.75) is 45.8 Å². The molecule has 0 radical (unpaired) electrons. The van der Waals surface area contributed by atoms with E-state index in [4.69, 9.17) is 12.4 Å². The van der Waals surface area contributed by atoms with Crippen LogP contribution in [-0.4, -0.2) is 66.5 Å². The molecule has 0 aliphatic carbocycles. The number of nitrogens with zero attached hydrogens (tertiary/aromatic N) is 9. The van der Waals surface area contributed by atoms with Crippen molar-refractivity contribution in [2.75, 3.05) is 4.91 Å². The minimum atomic E-state index is -0.181. The van der Waals surface area contributed by atoms with E-state index in [0.29, 0.717) is 30.1 Å². The molecule has 0 aliphatic rings. The standard InChI is InChI=1S/C23H24N6O.C11H13N3.C11H9N3.CH3I.Al.Li.4H/c30-23(26-13-19-1-5-21(6-2-19)15-28-11-9-24-17-28)27-14-20-3-7-22(8-4-20)16-29-12-10-25-18-29;2*12-7-10-1-3-11(4-2-10)8-14-6-5-13-9-14;1-2;;;;;;/h1-12,17-18H,13-16H2,(H2,26,27,30);1-6,9H,7-8,12H2;1-6,9H,8H2;1H3;;;;;;/q;;;;;+1;;;;-1/i;;;1D;;;;;;. The Morgan fingerprint density at radius 1 is 0.597 bits per heavy atom. The van der Waals surface area contributed by atoms with Crippen molar-refractivity contribution in [1.29, 1.82) is 5.26 Å². The minimum Gasteiger partial charge on any atom is -1.00 e. The Hall–Kier alpha value is -5.70.